The van der Waals surface area contributed by atoms with Crippen molar-refractivity contribution in [3.63, 3.8) is 0 Å². The van der Waals surface area contributed by atoms with Crippen molar-refractivity contribution in [2.75, 3.05) is 19.8 Å². The molecule has 4 aliphatic carbocycles. The van der Waals surface area contributed by atoms with Crippen LogP contribution in [0.4, 0.5) is 0 Å². The predicted octanol–water partition coefficient (Wildman–Crippen LogP) is 10.4. The topological polar surface area (TPSA) is 29.5 Å². The Morgan fingerprint density at radius 3 is 1.97 bits per heavy atom. The summed E-state index contributed by atoms with van der Waals surface area (Å²) in [5, 5.41) is 9.47. The molecule has 2 heteroatoms. The van der Waals surface area contributed by atoms with Crippen LogP contribution in [-0.4, -0.2) is 24.9 Å². The van der Waals surface area contributed by atoms with Crippen LogP contribution in [0.3, 0.4) is 0 Å². The van der Waals surface area contributed by atoms with E-state index < -0.39 is 0 Å². The van der Waals surface area contributed by atoms with E-state index >= 15 is 0 Å². The third-order valence-corrected chi connectivity index (χ3v) is 12.7. The Hall–Kier alpha value is -0.0800. The van der Waals surface area contributed by atoms with Crippen LogP contribution in [-0.2, 0) is 4.74 Å². The molecule has 4 saturated carbocycles. The van der Waals surface area contributed by atoms with E-state index in [4.69, 9.17) is 4.74 Å². The van der Waals surface area contributed by atoms with Gasteiger partial charge in [0.15, 0.2) is 0 Å². The number of ether oxygens (including phenoxy) is 1. The van der Waals surface area contributed by atoms with E-state index in [0.29, 0.717) is 41.1 Å². The van der Waals surface area contributed by atoms with Crippen molar-refractivity contribution >= 4 is 0 Å². The van der Waals surface area contributed by atoms with Crippen LogP contribution in [0.1, 0.15) is 146 Å². The Balaban J connectivity index is 0.000000403. The molecule has 4 aliphatic rings. The van der Waals surface area contributed by atoms with Gasteiger partial charge in [-0.25, -0.2) is 0 Å². The van der Waals surface area contributed by atoms with Gasteiger partial charge in [0.05, 0.1) is 0 Å². The lowest BCUT2D eigenvalue weighted by molar-refractivity contribution is -0.114. The standard InChI is InChI=1S/C29H52O.C8H18O/c1-20(2)22(16-19-30)10-9-21(3)25-13-14-26-24-12-11-23-8-6-7-17-28(23,4)27(24)15-18-29(25,26)5;1-7(2)5-9-6-8(3)4/h20-27,30H,6-19H2,1-5H3;7-8H,5-6H2,1-4H3/t21-,22+,23?,24+,25-,26+,27+,28+,29-;/m1./s1. The summed E-state index contributed by atoms with van der Waals surface area (Å²) in [4.78, 5) is 0. The zero-order chi connectivity index (χ0) is 28.8. The summed E-state index contributed by atoms with van der Waals surface area (Å²) < 4.78 is 5.36. The lowest BCUT2D eigenvalue weighted by atomic mass is 9.44. The highest BCUT2D eigenvalue weighted by Crippen LogP contribution is 2.68. The first-order chi connectivity index (χ1) is 18.4. The van der Waals surface area contributed by atoms with E-state index in [2.05, 4.69) is 62.3 Å². The van der Waals surface area contributed by atoms with Crippen molar-refractivity contribution in [1.82, 2.24) is 0 Å². The average Bonchev–Trinajstić information content (AvgIpc) is 3.23. The number of hydrogen-bond acceptors (Lipinski definition) is 2. The fourth-order valence-corrected chi connectivity index (χ4v) is 10.5. The van der Waals surface area contributed by atoms with Crippen LogP contribution < -0.4 is 0 Å². The molecule has 0 bridgehead atoms. The first-order valence-corrected chi connectivity index (χ1v) is 17.6. The van der Waals surface area contributed by atoms with Crippen LogP contribution in [0.2, 0.25) is 0 Å². The number of rotatable bonds is 11. The fraction of sp³-hybridized carbons (Fsp3) is 1.00. The summed E-state index contributed by atoms with van der Waals surface area (Å²) in [6.45, 7) is 23.6. The van der Waals surface area contributed by atoms with E-state index in [1.165, 1.54) is 64.2 Å². The summed E-state index contributed by atoms with van der Waals surface area (Å²) >= 11 is 0. The summed E-state index contributed by atoms with van der Waals surface area (Å²) in [7, 11) is 0. The van der Waals surface area contributed by atoms with Crippen molar-refractivity contribution in [1.29, 1.82) is 0 Å². The monoisotopic (exact) mass is 547 g/mol. The average molecular weight is 547 g/mol. The lowest BCUT2D eigenvalue weighted by Crippen LogP contribution is -2.53. The van der Waals surface area contributed by atoms with Gasteiger partial charge in [0.1, 0.15) is 0 Å². The van der Waals surface area contributed by atoms with Gasteiger partial charge in [0, 0.05) is 19.8 Å². The quantitative estimate of drug-likeness (QED) is 0.279. The van der Waals surface area contributed by atoms with Crippen LogP contribution >= 0.6 is 0 Å². The summed E-state index contributed by atoms with van der Waals surface area (Å²) in [6, 6.07) is 0. The summed E-state index contributed by atoms with van der Waals surface area (Å²) in [5.74, 6) is 8.71. The smallest absolute Gasteiger partial charge is 0.0489 e. The fourth-order valence-electron chi connectivity index (χ4n) is 10.5. The minimum Gasteiger partial charge on any atom is -0.396 e. The second kappa shape index (κ2) is 14.9. The highest BCUT2D eigenvalue weighted by atomic mass is 16.5. The van der Waals surface area contributed by atoms with Crippen molar-refractivity contribution in [2.24, 2.45) is 70.0 Å². The molecule has 1 unspecified atom stereocenters. The first kappa shape index (κ1) is 33.4. The van der Waals surface area contributed by atoms with Gasteiger partial charge in [-0.1, -0.05) is 81.6 Å². The minimum atomic E-state index is 0.364. The second-order valence-corrected chi connectivity index (χ2v) is 16.5. The normalized spacial score (nSPS) is 37.6. The molecule has 4 rings (SSSR count). The Labute approximate surface area is 245 Å². The molecule has 1 N–H and O–H groups in total. The number of fused-ring (bicyclic) bond motifs is 5. The maximum atomic E-state index is 9.47. The summed E-state index contributed by atoms with van der Waals surface area (Å²) in [6.07, 6.45) is 18.9. The molecule has 9 atom stereocenters. The van der Waals surface area contributed by atoms with Gasteiger partial charge in [-0.3, -0.25) is 0 Å². The van der Waals surface area contributed by atoms with Crippen LogP contribution in [0, 0.1) is 70.0 Å². The highest BCUT2D eigenvalue weighted by Gasteiger charge is 2.60. The van der Waals surface area contributed by atoms with Gasteiger partial charge in [-0.2, -0.15) is 0 Å². The lowest BCUT2D eigenvalue weighted by Gasteiger charge is -2.61. The molecule has 0 saturated heterocycles. The van der Waals surface area contributed by atoms with Crippen molar-refractivity contribution in [3.05, 3.63) is 0 Å². The molecular formula is C37H70O2. The first-order valence-electron chi connectivity index (χ1n) is 17.6. The SMILES string of the molecule is CC(C)COCC(C)C.CC(C)[C@H](CCO)CC[C@@H](C)[C@H]1CC[C@H]2[C@@H]3CCC4CCCC[C@]4(C)[C@H]3CC[C@]12C. The zero-order valence-corrected chi connectivity index (χ0v) is 27.9. The molecule has 0 amide bonds. The van der Waals surface area contributed by atoms with Crippen LogP contribution in [0.15, 0.2) is 0 Å². The molecule has 39 heavy (non-hydrogen) atoms. The van der Waals surface area contributed by atoms with Gasteiger partial charge in [-0.05, 0) is 134 Å². The summed E-state index contributed by atoms with van der Waals surface area (Å²) in [5.41, 5.74) is 1.30. The van der Waals surface area contributed by atoms with Gasteiger partial charge < -0.3 is 9.84 Å². The Bertz CT molecular complexity index is 692. The third-order valence-electron chi connectivity index (χ3n) is 12.7. The van der Waals surface area contributed by atoms with Crippen molar-refractivity contribution < 1.29 is 9.84 Å². The number of aliphatic hydroxyl groups excluding tert-OH is 1. The predicted molar refractivity (Wildman–Crippen MR) is 169 cm³/mol. The Morgan fingerprint density at radius 2 is 1.36 bits per heavy atom. The molecule has 2 nitrogen and oxygen atoms in total. The highest BCUT2D eigenvalue weighted by molar-refractivity contribution is 5.09. The van der Waals surface area contributed by atoms with E-state index in [9.17, 15) is 5.11 Å². The third kappa shape index (κ3) is 8.06. The molecule has 0 spiro atoms. The van der Waals surface area contributed by atoms with Gasteiger partial charge in [-0.15, -0.1) is 0 Å². The van der Waals surface area contributed by atoms with Gasteiger partial charge in [0.2, 0.25) is 0 Å². The largest absolute Gasteiger partial charge is 0.396 e. The molecular weight excluding hydrogens is 476 g/mol. The molecule has 230 valence electrons. The van der Waals surface area contributed by atoms with Gasteiger partial charge in [0.25, 0.3) is 0 Å². The molecule has 0 radical (unpaired) electrons. The van der Waals surface area contributed by atoms with E-state index in [-0.39, 0.29) is 0 Å². The maximum Gasteiger partial charge on any atom is 0.0489 e. The Kier molecular flexibility index (Phi) is 12.8. The molecule has 0 heterocycles. The van der Waals surface area contributed by atoms with Crippen LogP contribution in [0.5, 0.6) is 0 Å². The molecule has 0 aromatic rings. The number of aliphatic hydroxyl groups is 1. The Morgan fingerprint density at radius 1 is 0.692 bits per heavy atom. The minimum absolute atomic E-state index is 0.364. The molecule has 0 aliphatic heterocycles. The van der Waals surface area contributed by atoms with Crippen LogP contribution in [0.25, 0.3) is 0 Å². The van der Waals surface area contributed by atoms with E-state index in [0.717, 1.165) is 55.1 Å². The zero-order valence-electron chi connectivity index (χ0n) is 27.9. The van der Waals surface area contributed by atoms with Gasteiger partial charge >= 0.3 is 0 Å². The maximum absolute atomic E-state index is 9.47. The number of hydrogen-bond donors (Lipinski definition) is 1. The van der Waals surface area contributed by atoms with Crippen molar-refractivity contribution in [3.8, 4) is 0 Å². The van der Waals surface area contributed by atoms with E-state index in [1.807, 2.05) is 0 Å². The molecule has 4 fully saturated rings. The molecule has 0 aromatic heterocycles. The second-order valence-electron chi connectivity index (χ2n) is 16.5. The van der Waals surface area contributed by atoms with Crippen molar-refractivity contribution in [2.45, 2.75) is 146 Å². The molecule has 0 aromatic carbocycles. The van der Waals surface area contributed by atoms with E-state index in [1.54, 1.807) is 12.8 Å².